The molecule has 2 aromatic rings. The van der Waals surface area contributed by atoms with Gasteiger partial charge < -0.3 is 4.57 Å². The Kier molecular flexibility index (Phi) is 3.87. The fraction of sp³-hybridized carbons (Fsp3) is 0.500. The zero-order chi connectivity index (χ0) is 13.9. The van der Waals surface area contributed by atoms with Crippen LogP contribution < -0.4 is 5.56 Å². The van der Waals surface area contributed by atoms with Crippen LogP contribution in [0.25, 0.3) is 0 Å². The molecule has 106 valence electrons. The Morgan fingerprint density at radius 2 is 2.05 bits per heavy atom. The fourth-order valence-corrected chi connectivity index (χ4v) is 2.90. The van der Waals surface area contributed by atoms with E-state index < -0.39 is 0 Å². The molecule has 1 aliphatic rings. The van der Waals surface area contributed by atoms with E-state index in [1.54, 1.807) is 6.20 Å². The molecule has 1 aliphatic carbocycles. The van der Waals surface area contributed by atoms with Gasteiger partial charge in [0, 0.05) is 18.6 Å². The fourth-order valence-electron chi connectivity index (χ4n) is 2.73. The molecule has 0 saturated heterocycles. The lowest BCUT2D eigenvalue weighted by atomic mass is 9.96. The Morgan fingerprint density at radius 1 is 1.25 bits per heavy atom. The Labute approximate surface area is 122 Å². The average Bonchev–Trinajstić information content (AvgIpc) is 2.93. The first kappa shape index (κ1) is 13.4. The molecule has 0 amide bonds. The van der Waals surface area contributed by atoms with Crippen molar-refractivity contribution in [1.29, 1.82) is 0 Å². The minimum Gasteiger partial charge on any atom is -0.305 e. The standard InChI is InChI=1S/C14H17ClN4O/c15-13-14(20)18(9-7-16-13)10-11-6-8-19(17-11)12-4-2-1-3-5-12/h6-9,12H,1-5,10H2. The zero-order valence-electron chi connectivity index (χ0n) is 11.2. The van der Waals surface area contributed by atoms with Gasteiger partial charge in [-0.1, -0.05) is 30.9 Å². The van der Waals surface area contributed by atoms with Gasteiger partial charge in [-0.25, -0.2) is 4.98 Å². The molecule has 0 unspecified atom stereocenters. The Balaban J connectivity index is 1.77. The normalized spacial score (nSPS) is 16.4. The van der Waals surface area contributed by atoms with E-state index in [0.717, 1.165) is 5.69 Å². The lowest BCUT2D eigenvalue weighted by Crippen LogP contribution is -2.21. The topological polar surface area (TPSA) is 52.7 Å². The van der Waals surface area contributed by atoms with Gasteiger partial charge in [0.25, 0.3) is 5.56 Å². The Morgan fingerprint density at radius 3 is 2.85 bits per heavy atom. The number of hydrogen-bond donors (Lipinski definition) is 0. The van der Waals surface area contributed by atoms with E-state index in [2.05, 4.69) is 10.1 Å². The molecule has 0 spiro atoms. The van der Waals surface area contributed by atoms with Crippen LogP contribution in [0.15, 0.2) is 29.5 Å². The molecular formula is C14H17ClN4O. The van der Waals surface area contributed by atoms with Gasteiger partial charge in [0.2, 0.25) is 0 Å². The number of halogens is 1. The Hall–Kier alpha value is -1.62. The van der Waals surface area contributed by atoms with Crippen molar-refractivity contribution in [1.82, 2.24) is 19.3 Å². The highest BCUT2D eigenvalue weighted by atomic mass is 35.5. The molecule has 1 fully saturated rings. The summed E-state index contributed by atoms with van der Waals surface area (Å²) in [5.74, 6) is 0. The van der Waals surface area contributed by atoms with Crippen LogP contribution >= 0.6 is 11.6 Å². The molecule has 0 aromatic carbocycles. The van der Waals surface area contributed by atoms with Gasteiger partial charge in [0.05, 0.1) is 18.3 Å². The Bertz CT molecular complexity index is 643. The van der Waals surface area contributed by atoms with Crippen LogP contribution in [0.4, 0.5) is 0 Å². The highest BCUT2D eigenvalue weighted by Gasteiger charge is 2.16. The third-order valence-electron chi connectivity index (χ3n) is 3.82. The summed E-state index contributed by atoms with van der Waals surface area (Å²) < 4.78 is 3.57. The van der Waals surface area contributed by atoms with Crippen LogP contribution in [0.2, 0.25) is 5.15 Å². The van der Waals surface area contributed by atoms with Crippen LogP contribution in [0.1, 0.15) is 43.8 Å². The summed E-state index contributed by atoms with van der Waals surface area (Å²) in [4.78, 5) is 15.6. The zero-order valence-corrected chi connectivity index (χ0v) is 12.0. The summed E-state index contributed by atoms with van der Waals surface area (Å²) in [6.07, 6.45) is 11.5. The quantitative estimate of drug-likeness (QED) is 0.874. The molecule has 2 heterocycles. The molecule has 0 radical (unpaired) electrons. The molecule has 5 nitrogen and oxygen atoms in total. The van der Waals surface area contributed by atoms with Crippen molar-refractivity contribution in [2.75, 3.05) is 0 Å². The van der Waals surface area contributed by atoms with Crippen LogP contribution in [-0.4, -0.2) is 19.3 Å². The van der Waals surface area contributed by atoms with Gasteiger partial charge in [-0.05, 0) is 18.9 Å². The van der Waals surface area contributed by atoms with Gasteiger partial charge in [-0.3, -0.25) is 9.48 Å². The highest BCUT2D eigenvalue weighted by molar-refractivity contribution is 6.29. The van der Waals surface area contributed by atoms with Gasteiger partial charge >= 0.3 is 0 Å². The summed E-state index contributed by atoms with van der Waals surface area (Å²) >= 11 is 5.74. The summed E-state index contributed by atoms with van der Waals surface area (Å²) in [6, 6.07) is 2.48. The number of rotatable bonds is 3. The molecular weight excluding hydrogens is 276 g/mol. The van der Waals surface area contributed by atoms with Crippen LogP contribution in [0.5, 0.6) is 0 Å². The molecule has 3 rings (SSSR count). The van der Waals surface area contributed by atoms with Crippen molar-refractivity contribution >= 4 is 11.6 Å². The molecule has 0 aliphatic heterocycles. The number of hydrogen-bond acceptors (Lipinski definition) is 3. The van der Waals surface area contributed by atoms with Crippen molar-refractivity contribution in [3.8, 4) is 0 Å². The number of aromatic nitrogens is 4. The maximum absolute atomic E-state index is 11.8. The predicted octanol–water partition coefficient (Wildman–Crippen LogP) is 2.65. The maximum atomic E-state index is 11.8. The van der Waals surface area contributed by atoms with E-state index in [4.69, 9.17) is 11.6 Å². The predicted molar refractivity (Wildman–Crippen MR) is 77.0 cm³/mol. The second-order valence-electron chi connectivity index (χ2n) is 5.23. The third kappa shape index (κ3) is 2.77. The summed E-state index contributed by atoms with van der Waals surface area (Å²) in [5, 5.41) is 4.59. The lowest BCUT2D eigenvalue weighted by Gasteiger charge is -2.21. The molecule has 20 heavy (non-hydrogen) atoms. The second-order valence-corrected chi connectivity index (χ2v) is 5.59. The van der Waals surface area contributed by atoms with E-state index in [1.807, 2.05) is 16.9 Å². The lowest BCUT2D eigenvalue weighted by molar-refractivity contribution is 0.328. The largest absolute Gasteiger partial charge is 0.305 e. The summed E-state index contributed by atoms with van der Waals surface area (Å²) in [6.45, 7) is 0.431. The second kappa shape index (κ2) is 5.79. The first-order valence-electron chi connectivity index (χ1n) is 6.99. The van der Waals surface area contributed by atoms with Crippen LogP contribution in [0, 0.1) is 0 Å². The summed E-state index contributed by atoms with van der Waals surface area (Å²) in [5.41, 5.74) is 0.598. The van der Waals surface area contributed by atoms with Crippen molar-refractivity contribution in [3.63, 3.8) is 0 Å². The molecule has 1 saturated carbocycles. The van der Waals surface area contributed by atoms with Crippen LogP contribution in [0.3, 0.4) is 0 Å². The van der Waals surface area contributed by atoms with E-state index in [1.165, 1.54) is 42.9 Å². The highest BCUT2D eigenvalue weighted by Crippen LogP contribution is 2.27. The van der Waals surface area contributed by atoms with Crippen molar-refractivity contribution < 1.29 is 0 Å². The van der Waals surface area contributed by atoms with Crippen molar-refractivity contribution in [2.24, 2.45) is 0 Å². The molecule has 2 aromatic heterocycles. The van der Waals surface area contributed by atoms with E-state index in [-0.39, 0.29) is 10.7 Å². The van der Waals surface area contributed by atoms with Gasteiger partial charge in [0.15, 0.2) is 5.15 Å². The minimum atomic E-state index is -0.276. The van der Waals surface area contributed by atoms with E-state index in [0.29, 0.717) is 12.6 Å². The molecule has 6 heteroatoms. The first-order valence-corrected chi connectivity index (χ1v) is 7.37. The number of nitrogens with zero attached hydrogens (tertiary/aromatic N) is 4. The van der Waals surface area contributed by atoms with Gasteiger partial charge in [-0.15, -0.1) is 0 Å². The minimum absolute atomic E-state index is 0.000729. The molecule has 0 N–H and O–H groups in total. The van der Waals surface area contributed by atoms with Gasteiger partial charge in [-0.2, -0.15) is 5.10 Å². The third-order valence-corrected chi connectivity index (χ3v) is 4.08. The van der Waals surface area contributed by atoms with E-state index >= 15 is 0 Å². The smallest absolute Gasteiger partial charge is 0.288 e. The van der Waals surface area contributed by atoms with Gasteiger partial charge in [0.1, 0.15) is 0 Å². The van der Waals surface area contributed by atoms with E-state index in [9.17, 15) is 4.79 Å². The SMILES string of the molecule is O=c1c(Cl)nccn1Cc1ccn(C2CCCCC2)n1. The molecule has 0 atom stereocenters. The van der Waals surface area contributed by atoms with Crippen LogP contribution in [-0.2, 0) is 6.54 Å². The monoisotopic (exact) mass is 292 g/mol. The van der Waals surface area contributed by atoms with Crippen molar-refractivity contribution in [2.45, 2.75) is 44.7 Å². The average molecular weight is 293 g/mol. The molecule has 0 bridgehead atoms. The maximum Gasteiger partial charge on any atom is 0.288 e. The van der Waals surface area contributed by atoms with Crippen molar-refractivity contribution in [3.05, 3.63) is 45.9 Å². The first-order chi connectivity index (χ1) is 9.74. The summed E-state index contributed by atoms with van der Waals surface area (Å²) in [7, 11) is 0.